The highest BCUT2D eigenvalue weighted by Crippen LogP contribution is 2.36. The lowest BCUT2D eigenvalue weighted by Crippen LogP contribution is -2.26. The minimum Gasteiger partial charge on any atom is -0.303 e. The molecule has 0 radical (unpaired) electrons. The topological polar surface area (TPSA) is 12.0 Å². The number of rotatable bonds is 3. The molecule has 2 aromatic heterocycles. The Morgan fingerprint density at radius 1 is 1.33 bits per heavy atom. The summed E-state index contributed by atoms with van der Waals surface area (Å²) in [4.78, 5) is 2.98. The highest BCUT2D eigenvalue weighted by molar-refractivity contribution is 9.10. The summed E-state index contributed by atoms with van der Waals surface area (Å²) in [6.07, 6.45) is 3.84. The molecule has 4 heteroatoms. The molecule has 2 unspecified atom stereocenters. The Labute approximate surface area is 124 Å². The van der Waals surface area contributed by atoms with Gasteiger partial charge in [-0.25, -0.2) is 0 Å². The second kappa shape index (κ2) is 5.45. The molecule has 1 aliphatic carbocycles. The van der Waals surface area contributed by atoms with E-state index >= 15 is 0 Å². The van der Waals surface area contributed by atoms with Gasteiger partial charge in [0.05, 0.1) is 0 Å². The van der Waals surface area contributed by atoms with E-state index in [2.05, 4.69) is 51.1 Å². The van der Waals surface area contributed by atoms with Crippen LogP contribution in [-0.4, -0.2) is 0 Å². The quantitative estimate of drug-likeness (QED) is 0.798. The second-order valence-corrected chi connectivity index (χ2v) is 7.57. The standard InChI is InChI=1S/C14H16BrNS2/c1-9(14-11(15)6-8-18-14)16-12-3-2-4-13-10(12)5-7-17-13/h5-9,12,16H,2-4H2,1H3. The minimum absolute atomic E-state index is 0.412. The van der Waals surface area contributed by atoms with Crippen molar-refractivity contribution in [2.45, 2.75) is 38.3 Å². The first-order valence-corrected chi connectivity index (χ1v) is 8.86. The Hall–Kier alpha value is -0.160. The van der Waals surface area contributed by atoms with E-state index in [1.54, 1.807) is 4.88 Å². The summed E-state index contributed by atoms with van der Waals surface area (Å²) in [6, 6.07) is 5.38. The Balaban J connectivity index is 1.77. The van der Waals surface area contributed by atoms with Gasteiger partial charge in [0.25, 0.3) is 0 Å². The molecule has 0 aliphatic heterocycles. The van der Waals surface area contributed by atoms with Crippen LogP contribution in [0.5, 0.6) is 0 Å². The van der Waals surface area contributed by atoms with Crippen molar-refractivity contribution in [2.24, 2.45) is 0 Å². The molecule has 0 saturated carbocycles. The van der Waals surface area contributed by atoms with Crippen LogP contribution in [-0.2, 0) is 6.42 Å². The molecule has 0 saturated heterocycles. The van der Waals surface area contributed by atoms with Crippen LogP contribution in [0, 0.1) is 0 Å². The number of thiophene rings is 2. The molecule has 0 fully saturated rings. The Kier molecular flexibility index (Phi) is 3.89. The average molecular weight is 342 g/mol. The van der Waals surface area contributed by atoms with Gasteiger partial charge in [0, 0.05) is 26.3 Å². The molecule has 0 aromatic carbocycles. The summed E-state index contributed by atoms with van der Waals surface area (Å²) in [5, 5.41) is 8.17. The third-order valence-electron chi connectivity index (χ3n) is 3.54. The first-order valence-electron chi connectivity index (χ1n) is 6.31. The van der Waals surface area contributed by atoms with Gasteiger partial charge >= 0.3 is 0 Å². The maximum Gasteiger partial charge on any atom is 0.0402 e. The Morgan fingerprint density at radius 3 is 2.94 bits per heavy atom. The van der Waals surface area contributed by atoms with Gasteiger partial charge in [-0.15, -0.1) is 22.7 Å². The average Bonchev–Trinajstić information content (AvgIpc) is 2.97. The summed E-state index contributed by atoms with van der Waals surface area (Å²) in [6.45, 7) is 2.26. The zero-order valence-corrected chi connectivity index (χ0v) is 13.5. The smallest absolute Gasteiger partial charge is 0.0402 e. The van der Waals surface area contributed by atoms with Gasteiger partial charge in [0.2, 0.25) is 0 Å². The van der Waals surface area contributed by atoms with E-state index in [0.717, 1.165) is 0 Å². The fourth-order valence-corrected chi connectivity index (χ4v) is 5.37. The highest BCUT2D eigenvalue weighted by atomic mass is 79.9. The van der Waals surface area contributed by atoms with Gasteiger partial charge in [0.15, 0.2) is 0 Å². The zero-order chi connectivity index (χ0) is 12.5. The van der Waals surface area contributed by atoms with Crippen LogP contribution in [0.25, 0.3) is 0 Å². The molecule has 0 bridgehead atoms. The van der Waals surface area contributed by atoms with Crippen LogP contribution < -0.4 is 5.32 Å². The summed E-state index contributed by atoms with van der Waals surface area (Å²) in [5.74, 6) is 0. The van der Waals surface area contributed by atoms with E-state index in [1.165, 1.54) is 34.2 Å². The largest absolute Gasteiger partial charge is 0.303 e. The van der Waals surface area contributed by atoms with E-state index in [-0.39, 0.29) is 0 Å². The van der Waals surface area contributed by atoms with Crippen molar-refractivity contribution in [3.05, 3.63) is 42.7 Å². The van der Waals surface area contributed by atoms with Crippen molar-refractivity contribution in [1.82, 2.24) is 5.32 Å². The van der Waals surface area contributed by atoms with Crippen LogP contribution in [0.4, 0.5) is 0 Å². The number of aryl methyl sites for hydroxylation is 1. The van der Waals surface area contributed by atoms with E-state index in [9.17, 15) is 0 Å². The SMILES string of the molecule is CC(NC1CCCc2sccc21)c1sccc1Br. The van der Waals surface area contributed by atoms with E-state index in [0.29, 0.717) is 12.1 Å². The van der Waals surface area contributed by atoms with Gasteiger partial charge in [-0.2, -0.15) is 0 Å². The molecular formula is C14H16BrNS2. The summed E-state index contributed by atoms with van der Waals surface area (Å²) >= 11 is 7.36. The molecule has 96 valence electrons. The fraction of sp³-hybridized carbons (Fsp3) is 0.429. The van der Waals surface area contributed by atoms with E-state index in [1.807, 2.05) is 22.7 Å². The third-order valence-corrected chi connectivity index (χ3v) is 6.59. The minimum atomic E-state index is 0.412. The molecule has 0 spiro atoms. The van der Waals surface area contributed by atoms with Crippen molar-refractivity contribution in [2.75, 3.05) is 0 Å². The van der Waals surface area contributed by atoms with Crippen LogP contribution in [0.2, 0.25) is 0 Å². The molecule has 18 heavy (non-hydrogen) atoms. The first kappa shape index (κ1) is 12.9. The van der Waals surface area contributed by atoms with Crippen molar-refractivity contribution < 1.29 is 0 Å². The van der Waals surface area contributed by atoms with Crippen LogP contribution >= 0.6 is 38.6 Å². The number of hydrogen-bond donors (Lipinski definition) is 1. The van der Waals surface area contributed by atoms with Crippen molar-refractivity contribution in [3.8, 4) is 0 Å². The zero-order valence-electron chi connectivity index (χ0n) is 10.3. The molecular weight excluding hydrogens is 326 g/mol. The van der Waals surface area contributed by atoms with Gasteiger partial charge in [0.1, 0.15) is 0 Å². The fourth-order valence-electron chi connectivity index (χ4n) is 2.65. The van der Waals surface area contributed by atoms with Crippen LogP contribution in [0.1, 0.15) is 47.2 Å². The molecule has 0 amide bonds. The van der Waals surface area contributed by atoms with Crippen molar-refractivity contribution >= 4 is 38.6 Å². The molecule has 3 rings (SSSR count). The van der Waals surface area contributed by atoms with Gasteiger partial charge < -0.3 is 5.32 Å². The highest BCUT2D eigenvalue weighted by Gasteiger charge is 2.23. The lowest BCUT2D eigenvalue weighted by atomic mass is 9.93. The van der Waals surface area contributed by atoms with Gasteiger partial charge in [-0.1, -0.05) is 0 Å². The van der Waals surface area contributed by atoms with Crippen molar-refractivity contribution in [3.63, 3.8) is 0 Å². The third kappa shape index (κ3) is 2.44. The van der Waals surface area contributed by atoms with E-state index in [4.69, 9.17) is 0 Å². The van der Waals surface area contributed by atoms with Crippen LogP contribution in [0.3, 0.4) is 0 Å². The van der Waals surface area contributed by atoms with Crippen molar-refractivity contribution in [1.29, 1.82) is 0 Å². The molecule has 1 N–H and O–H groups in total. The van der Waals surface area contributed by atoms with Crippen LogP contribution in [0.15, 0.2) is 27.4 Å². The second-order valence-electron chi connectivity index (χ2n) is 4.77. The maximum absolute atomic E-state index is 3.79. The van der Waals surface area contributed by atoms with Gasteiger partial charge in [-0.05, 0) is 70.6 Å². The molecule has 1 aliphatic rings. The van der Waals surface area contributed by atoms with Gasteiger partial charge in [-0.3, -0.25) is 0 Å². The molecule has 2 heterocycles. The number of hydrogen-bond acceptors (Lipinski definition) is 3. The maximum atomic E-state index is 3.79. The predicted octanol–water partition coefficient (Wildman–Crippen LogP) is 5.30. The number of halogens is 1. The Bertz CT molecular complexity index is 531. The Morgan fingerprint density at radius 2 is 2.17 bits per heavy atom. The first-order chi connectivity index (χ1) is 8.75. The lowest BCUT2D eigenvalue weighted by Gasteiger charge is -2.27. The number of nitrogens with one attached hydrogen (secondary N) is 1. The number of fused-ring (bicyclic) bond motifs is 1. The predicted molar refractivity (Wildman–Crippen MR) is 83.6 cm³/mol. The molecule has 2 atom stereocenters. The summed E-state index contributed by atoms with van der Waals surface area (Å²) in [7, 11) is 0. The lowest BCUT2D eigenvalue weighted by molar-refractivity contribution is 0.421. The monoisotopic (exact) mass is 341 g/mol. The molecule has 1 nitrogen and oxygen atoms in total. The normalized spacial score (nSPS) is 20.7. The molecule has 2 aromatic rings. The summed E-state index contributed by atoms with van der Waals surface area (Å²) in [5.41, 5.74) is 1.53. The summed E-state index contributed by atoms with van der Waals surface area (Å²) < 4.78 is 1.23. The van der Waals surface area contributed by atoms with E-state index < -0.39 is 0 Å².